The van der Waals surface area contributed by atoms with E-state index in [1.54, 1.807) is 0 Å². The Bertz CT molecular complexity index is 283. The third-order valence-electron chi connectivity index (χ3n) is 1.70. The van der Waals surface area contributed by atoms with Gasteiger partial charge in [0.15, 0.2) is 0 Å². The van der Waals surface area contributed by atoms with Crippen LogP contribution in [0.3, 0.4) is 0 Å². The van der Waals surface area contributed by atoms with Gasteiger partial charge in [0, 0.05) is 0 Å². The van der Waals surface area contributed by atoms with Gasteiger partial charge in [0.25, 0.3) is 5.84 Å². The van der Waals surface area contributed by atoms with Crippen molar-refractivity contribution in [1.82, 2.24) is 0 Å². The van der Waals surface area contributed by atoms with Gasteiger partial charge in [0.2, 0.25) is 0 Å². The summed E-state index contributed by atoms with van der Waals surface area (Å²) in [5.74, 6) is -2.64. The van der Waals surface area contributed by atoms with Crippen LogP contribution in [0.25, 0.3) is 0 Å². The first-order chi connectivity index (χ1) is 8.41. The van der Waals surface area contributed by atoms with Crippen LogP contribution in [0.15, 0.2) is 0 Å². The van der Waals surface area contributed by atoms with Crippen LogP contribution in [0.4, 0.5) is 0 Å². The molecule has 0 fully saturated rings. The zero-order chi connectivity index (χ0) is 15.2. The molecule has 0 aromatic carbocycles. The monoisotopic (exact) mass is 712 g/mol. The molecule has 0 spiro atoms. The summed E-state index contributed by atoms with van der Waals surface area (Å²) in [6, 6.07) is 0. The van der Waals surface area contributed by atoms with Crippen molar-refractivity contribution in [1.29, 1.82) is 0 Å². The van der Waals surface area contributed by atoms with Gasteiger partial charge < -0.3 is 9.05 Å². The highest BCUT2D eigenvalue weighted by atomic mass is 80.0. The molecule has 11 heteroatoms. The van der Waals surface area contributed by atoms with Gasteiger partial charge in [-0.05, 0) is 48.7 Å². The second-order valence-corrected chi connectivity index (χ2v) is 22.8. The molecule has 0 aliphatic heterocycles. The Morgan fingerprint density at radius 3 is 1.42 bits per heavy atom. The van der Waals surface area contributed by atoms with E-state index in [1.165, 1.54) is 0 Å². The molecule has 0 aliphatic rings. The normalized spacial score (nSPS) is 13.8. The molecule has 0 rings (SSSR count). The molecule has 2 nitrogen and oxygen atoms in total. The van der Waals surface area contributed by atoms with E-state index in [4.69, 9.17) is 32.1 Å². The third kappa shape index (κ3) is 17.9. The van der Waals surface area contributed by atoms with E-state index in [-0.39, 0.29) is 4.29 Å². The van der Waals surface area contributed by atoms with Crippen molar-refractivity contribution in [2.24, 2.45) is 0 Å². The van der Waals surface area contributed by atoms with Crippen LogP contribution in [0.5, 0.6) is 0 Å². The van der Waals surface area contributed by atoms with Gasteiger partial charge in [0.05, 0.1) is 13.2 Å². The summed E-state index contributed by atoms with van der Waals surface area (Å²) >= 11 is 31.6. The fourth-order valence-corrected chi connectivity index (χ4v) is 4.24. The minimum atomic E-state index is -2.64. The van der Waals surface area contributed by atoms with Crippen molar-refractivity contribution < 1.29 is 9.05 Å². The molecule has 0 unspecified atom stereocenters. The van der Waals surface area contributed by atoms with Crippen molar-refractivity contribution in [2.75, 3.05) is 13.2 Å². The topological polar surface area (TPSA) is 18.5 Å². The smallest absolute Gasteiger partial charge is 0.281 e. The zero-order valence-corrected chi connectivity index (χ0v) is 21.5. The predicted molar refractivity (Wildman–Crippen MR) is 110 cm³/mol. The summed E-state index contributed by atoms with van der Waals surface area (Å²) in [4.78, 5) is 0. The minimum absolute atomic E-state index is 0.253. The van der Waals surface area contributed by atoms with Crippen molar-refractivity contribution in [2.45, 2.75) is 30.0 Å². The van der Waals surface area contributed by atoms with E-state index in [2.05, 4.69) is 95.6 Å². The number of hydrogen-bond acceptors (Lipinski definition) is 3. The molecule has 0 bridgehead atoms. The van der Waals surface area contributed by atoms with Crippen LogP contribution in [-0.2, 0) is 20.9 Å². The Kier molecular flexibility index (Phi) is 12.7. The molecule has 0 saturated carbocycles. The Morgan fingerprint density at radius 2 is 1.16 bits per heavy atom. The molecule has 0 radical (unpaired) electrons. The Balaban J connectivity index is 3.72. The lowest BCUT2D eigenvalue weighted by Crippen LogP contribution is -2.04. The number of hydrogen-bond donors (Lipinski definition) is 0. The molecular weight excluding hydrogens is 706 g/mol. The third-order valence-corrected chi connectivity index (χ3v) is 6.28. The van der Waals surface area contributed by atoms with E-state index < -0.39 is 5.84 Å². The maximum absolute atomic E-state index is 6.05. The van der Waals surface area contributed by atoms with Gasteiger partial charge in [-0.25, -0.2) is 0 Å². The van der Waals surface area contributed by atoms with Crippen molar-refractivity contribution >= 4 is 124 Å². The fourth-order valence-electron chi connectivity index (χ4n) is 0.930. The first-order valence-corrected chi connectivity index (χ1v) is 13.4. The summed E-state index contributed by atoms with van der Waals surface area (Å²) in [7, 11) is 0. The molecule has 19 heavy (non-hydrogen) atoms. The van der Waals surface area contributed by atoms with Gasteiger partial charge in [-0.3, -0.25) is 0 Å². The molecule has 0 saturated heterocycles. The Hall–Kier alpha value is 3.74. The Labute approximate surface area is 174 Å². The fraction of sp³-hybridized carbons (Fsp3) is 1.00. The quantitative estimate of drug-likeness (QED) is 0.146. The van der Waals surface area contributed by atoms with Gasteiger partial charge >= 0.3 is 0 Å². The van der Waals surface area contributed by atoms with Crippen LogP contribution in [0, 0.1) is 0 Å². The van der Waals surface area contributed by atoms with Crippen LogP contribution >= 0.6 is 113 Å². The second kappa shape index (κ2) is 10.6. The predicted octanol–water partition coefficient (Wildman–Crippen LogP) is 7.72. The molecule has 0 aromatic heterocycles. The molecule has 0 N–H and O–H groups in total. The van der Waals surface area contributed by atoms with Crippen LogP contribution in [0.2, 0.25) is 0 Å². The molecule has 116 valence electrons. The van der Waals surface area contributed by atoms with Gasteiger partial charge in [-0.15, -0.1) is 0 Å². The van der Waals surface area contributed by atoms with Crippen molar-refractivity contribution in [3.8, 4) is 0 Å². The maximum atomic E-state index is 6.05. The molecule has 0 aromatic rings. The number of halogens is 7. The molecule has 0 heterocycles. The van der Waals surface area contributed by atoms with Gasteiger partial charge in [-0.1, -0.05) is 95.6 Å². The Morgan fingerprint density at radius 1 is 0.842 bits per heavy atom. The average molecular weight is 718 g/mol. The van der Waals surface area contributed by atoms with Gasteiger partial charge in [0.1, 0.15) is 4.29 Å². The van der Waals surface area contributed by atoms with Crippen molar-refractivity contribution in [3.63, 3.8) is 0 Å². The first-order valence-electron chi connectivity index (χ1n) is 5.14. The lowest BCUT2D eigenvalue weighted by molar-refractivity contribution is 0.251. The highest BCUT2D eigenvalue weighted by Crippen LogP contribution is 2.54. The second-order valence-electron chi connectivity index (χ2n) is 3.53. The van der Waals surface area contributed by atoms with Crippen LogP contribution < -0.4 is 0 Å². The SMILES string of the molecule is S=P(Cl)(OCCCC(Br)(Br)Br)OCCCC(Br)(Br)Br. The maximum Gasteiger partial charge on any atom is 0.281 e. The first kappa shape index (κ1) is 22.7. The lowest BCUT2D eigenvalue weighted by atomic mass is 10.4. The largest absolute Gasteiger partial charge is 0.318 e. The number of rotatable bonds is 8. The molecule has 0 amide bonds. The average Bonchev–Trinajstić information content (AvgIpc) is 2.17. The van der Waals surface area contributed by atoms with Crippen molar-refractivity contribution in [3.05, 3.63) is 0 Å². The summed E-state index contributed by atoms with van der Waals surface area (Å²) < 4.78 is 10.4. The highest BCUT2D eigenvalue weighted by molar-refractivity contribution is 9.39. The summed E-state index contributed by atoms with van der Waals surface area (Å²) in [6.07, 6.45) is 3.28. The molecular formula is C8H12Br6ClO2PS. The molecule has 0 atom stereocenters. The number of alkyl halides is 6. The van der Waals surface area contributed by atoms with E-state index in [0.717, 1.165) is 25.7 Å². The zero-order valence-electron chi connectivity index (χ0n) is 9.56. The lowest BCUT2D eigenvalue weighted by Gasteiger charge is -2.17. The molecule has 0 aliphatic carbocycles. The van der Waals surface area contributed by atoms with Gasteiger partial charge in [-0.2, -0.15) is 0 Å². The van der Waals surface area contributed by atoms with Crippen LogP contribution in [0.1, 0.15) is 25.7 Å². The van der Waals surface area contributed by atoms with E-state index in [0.29, 0.717) is 13.2 Å². The summed E-state index contributed by atoms with van der Waals surface area (Å²) in [5.41, 5.74) is 0. The van der Waals surface area contributed by atoms with Crippen LogP contribution in [-0.4, -0.2) is 17.5 Å². The minimum Gasteiger partial charge on any atom is -0.318 e. The van der Waals surface area contributed by atoms with E-state index in [9.17, 15) is 0 Å². The highest BCUT2D eigenvalue weighted by Gasteiger charge is 2.20. The summed E-state index contributed by atoms with van der Waals surface area (Å²) in [5, 5.41) is 0. The van der Waals surface area contributed by atoms with E-state index in [1.807, 2.05) is 0 Å². The standard InChI is InChI=1S/C8H12Br6ClO2PS/c9-7(10,11)3-1-5-16-18(15,19)17-6-2-4-8(12,13)14/h1-6H2. The van der Waals surface area contributed by atoms with E-state index >= 15 is 0 Å². The summed E-state index contributed by atoms with van der Waals surface area (Å²) in [6.45, 7) is 0.954.